The molecule has 0 aliphatic rings. The molecule has 0 atom stereocenters. The quantitative estimate of drug-likeness (QED) is 0.741. The summed E-state index contributed by atoms with van der Waals surface area (Å²) >= 11 is 2.69. The average Bonchev–Trinajstić information content (AvgIpc) is 2.03. The van der Waals surface area contributed by atoms with E-state index in [-0.39, 0.29) is 0 Å². The van der Waals surface area contributed by atoms with E-state index >= 15 is 0 Å². The molecule has 11 heavy (non-hydrogen) atoms. The Bertz CT molecular complexity index is 233. The van der Waals surface area contributed by atoms with Crippen LogP contribution in [0, 0.1) is 0 Å². The molecule has 0 radical (unpaired) electrons. The summed E-state index contributed by atoms with van der Waals surface area (Å²) in [4.78, 5) is 10.3. The number of hydrogen-bond donors (Lipinski definition) is 0. The van der Waals surface area contributed by atoms with Crippen LogP contribution in [0.2, 0.25) is 0 Å². The first-order valence-corrected chi connectivity index (χ1v) is 3.85. The predicted octanol–water partition coefficient (Wildman–Crippen LogP) is 1.87. The molecule has 0 aliphatic carbocycles. The fraction of sp³-hybridized carbons (Fsp3) is 0.125. The summed E-state index contributed by atoms with van der Waals surface area (Å²) < 4.78 is 4.27. The monoisotopic (exact) mass is 242 g/mol. The average molecular weight is 243 g/mol. The summed E-state index contributed by atoms with van der Waals surface area (Å²) in [5.74, 6) is 0. The third kappa shape index (κ3) is 3.37. The molecule has 2 nitrogen and oxygen atoms in total. The zero-order chi connectivity index (χ0) is 8.10. The molecule has 0 saturated heterocycles. The van der Waals surface area contributed by atoms with Crippen molar-refractivity contribution in [2.75, 3.05) is 0 Å². The molecule has 0 saturated carbocycles. The van der Waals surface area contributed by atoms with E-state index in [1.807, 2.05) is 30.3 Å². The Morgan fingerprint density at radius 3 is 2.55 bits per heavy atom. The number of carbonyl (C=O) groups excluding carboxylic acids is 1. The zero-order valence-corrected chi connectivity index (χ0v) is 7.19. The van der Waals surface area contributed by atoms with Crippen molar-refractivity contribution in [3.8, 4) is 0 Å². The maximum absolute atomic E-state index is 10.3. The van der Waals surface area contributed by atoms with Crippen molar-refractivity contribution in [3.63, 3.8) is 0 Å². The topological polar surface area (TPSA) is 26.3 Å². The van der Waals surface area contributed by atoms with Gasteiger partial charge < -0.3 is 0 Å². The minimum absolute atomic E-state index is 0.324. The molecular formula is C8H7AgO2. The van der Waals surface area contributed by atoms with Crippen molar-refractivity contribution in [1.29, 1.82) is 0 Å². The van der Waals surface area contributed by atoms with Gasteiger partial charge in [-0.05, 0) is 0 Å². The van der Waals surface area contributed by atoms with Gasteiger partial charge in [0, 0.05) is 0 Å². The first-order chi connectivity index (χ1) is 5.29. The molecule has 0 heterocycles. The van der Waals surface area contributed by atoms with E-state index in [1.165, 1.54) is 0 Å². The third-order valence-electron chi connectivity index (χ3n) is 1.18. The predicted molar refractivity (Wildman–Crippen MR) is 36.6 cm³/mol. The normalized spacial score (nSPS) is 9.27. The Kier molecular flexibility index (Phi) is 3.36. The Hall–Kier alpha value is -0.570. The van der Waals surface area contributed by atoms with Crippen LogP contribution in [0.1, 0.15) is 5.56 Å². The molecule has 0 N–H and O–H groups in total. The Morgan fingerprint density at radius 2 is 2.00 bits per heavy atom. The fourth-order valence-electron chi connectivity index (χ4n) is 0.709. The van der Waals surface area contributed by atoms with Crippen molar-refractivity contribution in [1.82, 2.24) is 0 Å². The summed E-state index contributed by atoms with van der Waals surface area (Å²) in [6, 6.07) is 9.51. The van der Waals surface area contributed by atoms with Gasteiger partial charge in [0.05, 0.1) is 0 Å². The first kappa shape index (κ1) is 8.53. The van der Waals surface area contributed by atoms with Gasteiger partial charge in [-0.15, -0.1) is 0 Å². The third-order valence-corrected chi connectivity index (χ3v) is 1.40. The molecule has 0 bridgehead atoms. The van der Waals surface area contributed by atoms with Crippen LogP contribution in [-0.4, -0.2) is 4.19 Å². The second kappa shape index (κ2) is 4.34. The zero-order valence-electron chi connectivity index (χ0n) is 5.71. The van der Waals surface area contributed by atoms with Crippen molar-refractivity contribution in [3.05, 3.63) is 35.9 Å². The summed E-state index contributed by atoms with van der Waals surface area (Å²) in [6.45, 7) is 0.324. The Morgan fingerprint density at radius 1 is 1.36 bits per heavy atom. The SMILES string of the molecule is O=[C]([Ag])OCc1ccccc1. The van der Waals surface area contributed by atoms with Gasteiger partial charge in [0.15, 0.2) is 0 Å². The summed E-state index contributed by atoms with van der Waals surface area (Å²) in [6.07, 6.45) is 0. The number of ether oxygens (including phenoxy) is 1. The summed E-state index contributed by atoms with van der Waals surface area (Å²) in [5, 5.41) is 0. The van der Waals surface area contributed by atoms with Gasteiger partial charge in [0.25, 0.3) is 0 Å². The van der Waals surface area contributed by atoms with Crippen LogP contribution in [0.3, 0.4) is 0 Å². The van der Waals surface area contributed by atoms with Gasteiger partial charge in [-0.2, -0.15) is 0 Å². The van der Waals surface area contributed by atoms with Crippen LogP contribution in [0.25, 0.3) is 0 Å². The number of carbonyl (C=O) groups is 1. The molecule has 0 aliphatic heterocycles. The van der Waals surface area contributed by atoms with Crippen LogP contribution < -0.4 is 0 Å². The molecule has 0 aromatic heterocycles. The maximum atomic E-state index is 10.3. The van der Waals surface area contributed by atoms with E-state index < -0.39 is 4.19 Å². The summed E-state index contributed by atoms with van der Waals surface area (Å²) in [7, 11) is 0. The standard InChI is InChI=1S/C8H7O2.Ag/c9-7-10-6-8-4-2-1-3-5-8;/h1-5H,6H2;. The van der Waals surface area contributed by atoms with Gasteiger partial charge in [-0.3, -0.25) is 0 Å². The molecule has 62 valence electrons. The molecule has 0 unspecified atom stereocenters. The molecule has 1 aromatic carbocycles. The van der Waals surface area contributed by atoms with Gasteiger partial charge in [-0.25, -0.2) is 0 Å². The summed E-state index contributed by atoms with van der Waals surface area (Å²) in [5.41, 5.74) is 0.986. The molecular weight excluding hydrogens is 236 g/mol. The van der Waals surface area contributed by atoms with Crippen LogP contribution >= 0.6 is 0 Å². The van der Waals surface area contributed by atoms with Crippen LogP contribution in [-0.2, 0) is 32.4 Å². The van der Waals surface area contributed by atoms with Crippen LogP contribution in [0.4, 0.5) is 4.79 Å². The van der Waals surface area contributed by atoms with Gasteiger partial charge in [0.2, 0.25) is 0 Å². The Balaban J connectivity index is 2.45. The van der Waals surface area contributed by atoms with E-state index in [4.69, 9.17) is 4.74 Å². The van der Waals surface area contributed by atoms with Crippen molar-refractivity contribution < 1.29 is 30.6 Å². The second-order valence-corrected chi connectivity index (χ2v) is 2.59. The molecule has 1 aromatic rings. The molecule has 0 amide bonds. The van der Waals surface area contributed by atoms with E-state index in [2.05, 4.69) is 21.1 Å². The van der Waals surface area contributed by atoms with E-state index in [0.29, 0.717) is 6.61 Å². The molecule has 1 rings (SSSR count). The number of hydrogen-bond acceptors (Lipinski definition) is 2. The van der Waals surface area contributed by atoms with Crippen molar-refractivity contribution in [2.24, 2.45) is 0 Å². The first-order valence-electron chi connectivity index (χ1n) is 3.11. The fourth-order valence-corrected chi connectivity index (χ4v) is 0.816. The van der Waals surface area contributed by atoms with Gasteiger partial charge in [0.1, 0.15) is 0 Å². The van der Waals surface area contributed by atoms with E-state index in [9.17, 15) is 4.79 Å². The van der Waals surface area contributed by atoms with Crippen molar-refractivity contribution in [2.45, 2.75) is 6.61 Å². The second-order valence-electron chi connectivity index (χ2n) is 1.98. The number of benzene rings is 1. The molecule has 0 fully saturated rings. The van der Waals surface area contributed by atoms with E-state index in [1.54, 1.807) is 0 Å². The van der Waals surface area contributed by atoms with Crippen LogP contribution in [0.15, 0.2) is 30.3 Å². The van der Waals surface area contributed by atoms with Gasteiger partial charge in [-0.1, -0.05) is 0 Å². The Labute approximate surface area is 77.5 Å². The minimum atomic E-state index is -0.432. The van der Waals surface area contributed by atoms with E-state index in [0.717, 1.165) is 5.56 Å². The number of rotatable bonds is 2. The van der Waals surface area contributed by atoms with Crippen LogP contribution in [0.5, 0.6) is 0 Å². The molecule has 0 spiro atoms. The van der Waals surface area contributed by atoms with Gasteiger partial charge >= 0.3 is 77.3 Å². The van der Waals surface area contributed by atoms with Crippen molar-refractivity contribution >= 4 is 4.19 Å². The molecule has 3 heteroatoms.